The van der Waals surface area contributed by atoms with E-state index in [0.29, 0.717) is 14.3 Å². The quantitative estimate of drug-likeness (QED) is 0.878. The van der Waals surface area contributed by atoms with Gasteiger partial charge in [0.25, 0.3) is 0 Å². The van der Waals surface area contributed by atoms with Gasteiger partial charge in [-0.15, -0.1) is 5.10 Å². The molecule has 10 heteroatoms. The van der Waals surface area contributed by atoms with E-state index in [1.54, 1.807) is 24.3 Å². The number of amides is 1. The van der Waals surface area contributed by atoms with E-state index in [2.05, 4.69) is 10.4 Å². The van der Waals surface area contributed by atoms with Crippen molar-refractivity contribution in [3.63, 3.8) is 0 Å². The monoisotopic (exact) mass is 362 g/mol. The van der Waals surface area contributed by atoms with Crippen LogP contribution in [0, 0.1) is 0 Å². The number of nitrogens with zero attached hydrogens (tertiary/aromatic N) is 3. The summed E-state index contributed by atoms with van der Waals surface area (Å²) >= 11 is 5.74. The first-order chi connectivity index (χ1) is 11.2. The molecular weight excluding hydrogens is 349 g/mol. The van der Waals surface area contributed by atoms with Crippen LogP contribution in [-0.2, 0) is 31.0 Å². The molecule has 0 unspecified atom stereocenters. The van der Waals surface area contributed by atoms with Crippen molar-refractivity contribution in [3.05, 3.63) is 51.2 Å². The van der Waals surface area contributed by atoms with Gasteiger partial charge in [-0.05, 0) is 17.7 Å². The molecule has 0 bridgehead atoms. The van der Waals surface area contributed by atoms with Gasteiger partial charge >= 0.3 is 11.9 Å². The number of halogens is 4. The number of hydrogen-bond acceptors (Lipinski definition) is 3. The van der Waals surface area contributed by atoms with E-state index in [-0.39, 0.29) is 25.4 Å². The highest BCUT2D eigenvalue weighted by molar-refractivity contribution is 6.30. The number of aromatic nitrogens is 3. The summed E-state index contributed by atoms with van der Waals surface area (Å²) in [6.45, 7) is -0.171. The Balaban J connectivity index is 1.91. The Hall–Kier alpha value is -2.29. The van der Waals surface area contributed by atoms with Crippen LogP contribution in [0.2, 0.25) is 5.02 Å². The predicted molar refractivity (Wildman–Crippen MR) is 80.6 cm³/mol. The summed E-state index contributed by atoms with van der Waals surface area (Å²) in [7, 11) is 0.994. The van der Waals surface area contributed by atoms with Crippen molar-refractivity contribution in [1.29, 1.82) is 0 Å². The molecule has 0 spiro atoms. The SMILES string of the molecule is Cn1c(C(F)(F)F)nn(CCNC(=O)Cc2ccc(Cl)cc2)c1=O. The van der Waals surface area contributed by atoms with E-state index >= 15 is 0 Å². The predicted octanol–water partition coefficient (Wildman–Crippen LogP) is 1.61. The molecule has 0 aliphatic heterocycles. The van der Waals surface area contributed by atoms with Crippen LogP contribution in [0.5, 0.6) is 0 Å². The Bertz CT molecular complexity index is 781. The molecule has 0 aliphatic carbocycles. The molecule has 0 radical (unpaired) electrons. The van der Waals surface area contributed by atoms with Crippen LogP contribution in [0.15, 0.2) is 29.1 Å². The number of rotatable bonds is 5. The third kappa shape index (κ3) is 4.38. The number of carbonyl (C=O) groups is 1. The minimum absolute atomic E-state index is 0.0133. The maximum absolute atomic E-state index is 12.6. The Morgan fingerprint density at radius 1 is 1.29 bits per heavy atom. The second kappa shape index (κ2) is 7.08. The van der Waals surface area contributed by atoms with Crippen LogP contribution in [0.1, 0.15) is 11.4 Å². The lowest BCUT2D eigenvalue weighted by Gasteiger charge is -2.05. The first-order valence-electron chi connectivity index (χ1n) is 6.90. The molecule has 1 N–H and O–H groups in total. The van der Waals surface area contributed by atoms with E-state index in [9.17, 15) is 22.8 Å². The average Bonchev–Trinajstić information content (AvgIpc) is 2.78. The fourth-order valence-corrected chi connectivity index (χ4v) is 2.16. The van der Waals surface area contributed by atoms with Crippen molar-refractivity contribution in [2.45, 2.75) is 19.1 Å². The summed E-state index contributed by atoms with van der Waals surface area (Å²) in [5, 5.41) is 6.32. The lowest BCUT2D eigenvalue weighted by molar-refractivity contribution is -0.147. The van der Waals surface area contributed by atoms with Crippen molar-refractivity contribution in [1.82, 2.24) is 19.7 Å². The van der Waals surface area contributed by atoms with E-state index in [4.69, 9.17) is 11.6 Å². The number of carbonyl (C=O) groups excluding carboxylic acids is 1. The van der Waals surface area contributed by atoms with Crippen LogP contribution in [0.3, 0.4) is 0 Å². The zero-order valence-corrected chi connectivity index (χ0v) is 13.4. The van der Waals surface area contributed by atoms with E-state index in [1.807, 2.05) is 0 Å². The molecule has 0 atom stereocenters. The van der Waals surface area contributed by atoms with Gasteiger partial charge in [-0.25, -0.2) is 9.48 Å². The third-order valence-corrected chi connectivity index (χ3v) is 3.47. The van der Waals surface area contributed by atoms with Gasteiger partial charge in [-0.3, -0.25) is 9.36 Å². The molecule has 2 aromatic rings. The van der Waals surface area contributed by atoms with Crippen LogP contribution < -0.4 is 11.0 Å². The maximum Gasteiger partial charge on any atom is 0.451 e. The fraction of sp³-hybridized carbons (Fsp3) is 0.357. The van der Waals surface area contributed by atoms with Gasteiger partial charge in [0.05, 0.1) is 13.0 Å². The van der Waals surface area contributed by atoms with Crippen LogP contribution in [0.25, 0.3) is 0 Å². The van der Waals surface area contributed by atoms with Crippen LogP contribution >= 0.6 is 11.6 Å². The lowest BCUT2D eigenvalue weighted by Crippen LogP contribution is -2.32. The fourth-order valence-electron chi connectivity index (χ4n) is 2.03. The zero-order chi connectivity index (χ0) is 17.9. The van der Waals surface area contributed by atoms with Crippen molar-refractivity contribution < 1.29 is 18.0 Å². The van der Waals surface area contributed by atoms with Gasteiger partial charge in [-0.1, -0.05) is 23.7 Å². The van der Waals surface area contributed by atoms with Crippen molar-refractivity contribution in [2.24, 2.45) is 7.05 Å². The number of hydrogen-bond donors (Lipinski definition) is 1. The first kappa shape index (κ1) is 18.1. The van der Waals surface area contributed by atoms with E-state index in [0.717, 1.165) is 12.6 Å². The van der Waals surface area contributed by atoms with Gasteiger partial charge in [-0.2, -0.15) is 13.2 Å². The smallest absolute Gasteiger partial charge is 0.354 e. The maximum atomic E-state index is 12.6. The summed E-state index contributed by atoms with van der Waals surface area (Å²) in [6.07, 6.45) is -4.61. The average molecular weight is 363 g/mol. The molecule has 1 amide bonds. The molecule has 6 nitrogen and oxygen atoms in total. The summed E-state index contributed by atoms with van der Waals surface area (Å²) in [6, 6.07) is 6.69. The molecular formula is C14H14ClF3N4O2. The minimum atomic E-state index is -4.71. The number of nitrogens with one attached hydrogen (secondary N) is 1. The van der Waals surface area contributed by atoms with Gasteiger partial charge in [0.1, 0.15) is 0 Å². The molecule has 0 saturated carbocycles. The summed E-state index contributed by atoms with van der Waals surface area (Å²) in [4.78, 5) is 23.4. The highest BCUT2D eigenvalue weighted by atomic mass is 35.5. The normalized spacial score (nSPS) is 11.5. The molecule has 1 aromatic heterocycles. The van der Waals surface area contributed by atoms with E-state index < -0.39 is 17.7 Å². The van der Waals surface area contributed by atoms with Crippen molar-refractivity contribution >= 4 is 17.5 Å². The second-order valence-electron chi connectivity index (χ2n) is 5.04. The van der Waals surface area contributed by atoms with Crippen LogP contribution in [0.4, 0.5) is 13.2 Å². The third-order valence-electron chi connectivity index (χ3n) is 3.22. The van der Waals surface area contributed by atoms with Crippen molar-refractivity contribution in [2.75, 3.05) is 6.54 Å². The van der Waals surface area contributed by atoms with Gasteiger partial charge < -0.3 is 5.32 Å². The topological polar surface area (TPSA) is 68.9 Å². The summed E-state index contributed by atoms with van der Waals surface area (Å²) in [5.74, 6) is -1.60. The molecule has 130 valence electrons. The Morgan fingerprint density at radius 2 is 1.92 bits per heavy atom. The molecule has 0 saturated heterocycles. The van der Waals surface area contributed by atoms with Gasteiger partial charge in [0.2, 0.25) is 11.7 Å². The molecule has 1 aromatic carbocycles. The summed E-state index contributed by atoms with van der Waals surface area (Å²) in [5.41, 5.74) is -0.152. The zero-order valence-electron chi connectivity index (χ0n) is 12.6. The first-order valence-corrected chi connectivity index (χ1v) is 7.28. The molecule has 1 heterocycles. The van der Waals surface area contributed by atoms with E-state index in [1.165, 1.54) is 0 Å². The second-order valence-corrected chi connectivity index (χ2v) is 5.48. The molecule has 0 fully saturated rings. The molecule has 0 aliphatic rings. The van der Waals surface area contributed by atoms with Crippen molar-refractivity contribution in [3.8, 4) is 0 Å². The Morgan fingerprint density at radius 3 is 2.46 bits per heavy atom. The van der Waals surface area contributed by atoms with Crippen LogP contribution in [-0.4, -0.2) is 26.8 Å². The Labute approximate surface area is 139 Å². The lowest BCUT2D eigenvalue weighted by atomic mass is 10.1. The standard InChI is InChI=1S/C14H14ClF3N4O2/c1-21-12(14(16,17)18)20-22(13(21)24)7-6-19-11(23)8-9-2-4-10(15)5-3-9/h2-5H,6-8H2,1H3,(H,19,23). The number of alkyl halides is 3. The highest BCUT2D eigenvalue weighted by Crippen LogP contribution is 2.25. The minimum Gasteiger partial charge on any atom is -0.354 e. The van der Waals surface area contributed by atoms with Gasteiger partial charge in [0.15, 0.2) is 0 Å². The summed E-state index contributed by atoms with van der Waals surface area (Å²) < 4.78 is 39.0. The Kier molecular flexibility index (Phi) is 5.33. The highest BCUT2D eigenvalue weighted by Gasteiger charge is 2.37. The molecule has 2 rings (SSSR count). The number of benzene rings is 1. The molecule has 24 heavy (non-hydrogen) atoms. The largest absolute Gasteiger partial charge is 0.451 e. The van der Waals surface area contributed by atoms with Gasteiger partial charge in [0, 0.05) is 18.6 Å².